The van der Waals surface area contributed by atoms with Gasteiger partial charge in [-0.3, -0.25) is 4.79 Å². The summed E-state index contributed by atoms with van der Waals surface area (Å²) in [5.74, 6) is 0. The summed E-state index contributed by atoms with van der Waals surface area (Å²) in [7, 11) is 0. The number of hydrogen-bond acceptors (Lipinski definition) is 1. The largest absolute Gasteiger partial charge is 0.298 e. The Morgan fingerprint density at radius 3 is 2.64 bits per heavy atom. The predicted molar refractivity (Wildman–Crippen MR) is 48.5 cm³/mol. The van der Waals surface area contributed by atoms with Crippen molar-refractivity contribution in [1.29, 1.82) is 0 Å². The van der Waals surface area contributed by atoms with Crippen LogP contribution in [0.5, 0.6) is 0 Å². The van der Waals surface area contributed by atoms with E-state index in [-0.39, 0.29) is 0 Å². The van der Waals surface area contributed by atoms with Gasteiger partial charge in [0.25, 0.3) is 0 Å². The van der Waals surface area contributed by atoms with Crippen molar-refractivity contribution in [3.63, 3.8) is 0 Å². The lowest BCUT2D eigenvalue weighted by Crippen LogP contribution is -1.81. The Morgan fingerprint density at radius 2 is 2.18 bits per heavy atom. The number of allylic oxidation sites excluding steroid dienone is 3. The first-order chi connectivity index (χ1) is 5.20. The Bertz CT molecular complexity index is 166. The van der Waals surface area contributed by atoms with Crippen LogP contribution < -0.4 is 0 Å². The van der Waals surface area contributed by atoms with E-state index in [2.05, 4.69) is 26.5 Å². The lowest BCUT2D eigenvalue weighted by Gasteiger charge is -1.95. The van der Waals surface area contributed by atoms with Gasteiger partial charge in [0, 0.05) is 0 Å². The molecule has 0 aliphatic carbocycles. The number of rotatable bonds is 5. The van der Waals surface area contributed by atoms with Crippen molar-refractivity contribution in [3.05, 3.63) is 23.8 Å². The maximum atomic E-state index is 10.1. The maximum absolute atomic E-state index is 10.1. The molecule has 0 unspecified atom stereocenters. The number of carbonyl (C=O) groups is 1. The van der Waals surface area contributed by atoms with E-state index in [4.69, 9.17) is 0 Å². The summed E-state index contributed by atoms with van der Waals surface area (Å²) in [6.07, 6.45) is 5.81. The molecule has 1 heteroatoms. The van der Waals surface area contributed by atoms with Gasteiger partial charge in [-0.05, 0) is 31.8 Å². The molecule has 0 saturated heterocycles. The van der Waals surface area contributed by atoms with Gasteiger partial charge in [-0.15, -0.1) is 0 Å². The summed E-state index contributed by atoms with van der Waals surface area (Å²) in [6, 6.07) is 0. The van der Waals surface area contributed by atoms with Crippen LogP contribution in [-0.4, -0.2) is 6.29 Å². The average molecular weight is 152 g/mol. The fourth-order valence-corrected chi connectivity index (χ4v) is 0.707. The van der Waals surface area contributed by atoms with Crippen molar-refractivity contribution in [2.24, 2.45) is 0 Å². The third-order valence-electron chi connectivity index (χ3n) is 1.68. The summed E-state index contributed by atoms with van der Waals surface area (Å²) in [4.78, 5) is 10.1. The summed E-state index contributed by atoms with van der Waals surface area (Å²) in [5, 5.41) is 0. The SMILES string of the molecule is C=C(C=O)CC/C=C(/C)CC. The Kier molecular flexibility index (Phi) is 5.44. The number of carbonyl (C=O) groups excluding carboxylic acids is 1. The van der Waals surface area contributed by atoms with Crippen LogP contribution in [0.2, 0.25) is 0 Å². The topological polar surface area (TPSA) is 17.1 Å². The molecular weight excluding hydrogens is 136 g/mol. The van der Waals surface area contributed by atoms with E-state index in [1.807, 2.05) is 0 Å². The lowest BCUT2D eigenvalue weighted by atomic mass is 10.1. The van der Waals surface area contributed by atoms with Crippen LogP contribution in [-0.2, 0) is 4.79 Å². The molecule has 0 aromatic heterocycles. The quantitative estimate of drug-likeness (QED) is 0.336. The second kappa shape index (κ2) is 5.90. The van der Waals surface area contributed by atoms with Crippen LogP contribution in [0.1, 0.15) is 33.1 Å². The molecule has 0 aliphatic rings. The van der Waals surface area contributed by atoms with Crippen molar-refractivity contribution in [3.8, 4) is 0 Å². The molecular formula is C10H16O. The zero-order valence-corrected chi connectivity index (χ0v) is 7.39. The smallest absolute Gasteiger partial charge is 0.145 e. The van der Waals surface area contributed by atoms with Gasteiger partial charge in [-0.1, -0.05) is 25.2 Å². The first kappa shape index (κ1) is 10.2. The van der Waals surface area contributed by atoms with Gasteiger partial charge in [0.05, 0.1) is 0 Å². The molecule has 0 N–H and O–H groups in total. The van der Waals surface area contributed by atoms with E-state index in [0.717, 1.165) is 25.5 Å². The van der Waals surface area contributed by atoms with Crippen molar-refractivity contribution in [2.45, 2.75) is 33.1 Å². The summed E-state index contributed by atoms with van der Waals surface area (Å²) < 4.78 is 0. The molecule has 1 nitrogen and oxygen atoms in total. The number of hydrogen-bond donors (Lipinski definition) is 0. The minimum Gasteiger partial charge on any atom is -0.298 e. The molecule has 11 heavy (non-hydrogen) atoms. The van der Waals surface area contributed by atoms with Gasteiger partial charge in [-0.25, -0.2) is 0 Å². The molecule has 0 spiro atoms. The Morgan fingerprint density at radius 1 is 1.55 bits per heavy atom. The van der Waals surface area contributed by atoms with E-state index in [9.17, 15) is 4.79 Å². The third kappa shape index (κ3) is 5.59. The molecule has 0 aromatic carbocycles. The van der Waals surface area contributed by atoms with E-state index in [0.29, 0.717) is 5.57 Å². The maximum Gasteiger partial charge on any atom is 0.145 e. The van der Waals surface area contributed by atoms with Gasteiger partial charge in [-0.2, -0.15) is 0 Å². The summed E-state index contributed by atoms with van der Waals surface area (Å²) in [5.41, 5.74) is 2.06. The molecule has 0 amide bonds. The highest BCUT2D eigenvalue weighted by Gasteiger charge is 1.89. The van der Waals surface area contributed by atoms with Gasteiger partial charge in [0.2, 0.25) is 0 Å². The minimum atomic E-state index is 0.685. The highest BCUT2D eigenvalue weighted by molar-refractivity contribution is 5.71. The zero-order chi connectivity index (χ0) is 8.69. The van der Waals surface area contributed by atoms with Gasteiger partial charge >= 0.3 is 0 Å². The average Bonchev–Trinajstić information content (AvgIpc) is 2.04. The van der Waals surface area contributed by atoms with E-state index in [1.165, 1.54) is 5.57 Å². The minimum absolute atomic E-state index is 0.685. The van der Waals surface area contributed by atoms with Crippen LogP contribution in [0.4, 0.5) is 0 Å². The fraction of sp³-hybridized carbons (Fsp3) is 0.500. The molecule has 0 aromatic rings. The Labute approximate surface area is 68.8 Å². The molecule has 0 fully saturated rings. The van der Waals surface area contributed by atoms with Gasteiger partial charge in [0.1, 0.15) is 6.29 Å². The second-order valence-electron chi connectivity index (χ2n) is 2.72. The van der Waals surface area contributed by atoms with Crippen molar-refractivity contribution in [1.82, 2.24) is 0 Å². The third-order valence-corrected chi connectivity index (χ3v) is 1.68. The molecule has 0 heterocycles. The predicted octanol–water partition coefficient (Wildman–Crippen LogP) is 2.88. The fourth-order valence-electron chi connectivity index (χ4n) is 0.707. The lowest BCUT2D eigenvalue weighted by molar-refractivity contribution is -0.105. The highest BCUT2D eigenvalue weighted by atomic mass is 16.1. The molecule has 0 atom stereocenters. The standard InChI is InChI=1S/C10H16O/c1-4-9(2)6-5-7-10(3)8-11/h6,8H,3-5,7H2,1-2H3/b9-6-. The summed E-state index contributed by atoms with van der Waals surface area (Å²) >= 11 is 0. The van der Waals surface area contributed by atoms with E-state index >= 15 is 0 Å². The highest BCUT2D eigenvalue weighted by Crippen LogP contribution is 2.05. The molecule has 0 saturated carbocycles. The normalized spacial score (nSPS) is 11.3. The Balaban J connectivity index is 3.55. The first-order valence-electron chi connectivity index (χ1n) is 3.99. The Hall–Kier alpha value is -0.850. The number of aldehydes is 1. The van der Waals surface area contributed by atoms with Crippen LogP contribution in [0.3, 0.4) is 0 Å². The van der Waals surface area contributed by atoms with Gasteiger partial charge in [0.15, 0.2) is 0 Å². The first-order valence-corrected chi connectivity index (χ1v) is 3.99. The van der Waals surface area contributed by atoms with Crippen molar-refractivity contribution < 1.29 is 4.79 Å². The monoisotopic (exact) mass is 152 g/mol. The van der Waals surface area contributed by atoms with Gasteiger partial charge < -0.3 is 0 Å². The zero-order valence-electron chi connectivity index (χ0n) is 7.39. The van der Waals surface area contributed by atoms with Crippen molar-refractivity contribution in [2.75, 3.05) is 0 Å². The second-order valence-corrected chi connectivity index (χ2v) is 2.72. The van der Waals surface area contributed by atoms with Crippen LogP contribution in [0, 0.1) is 0 Å². The van der Waals surface area contributed by atoms with Crippen molar-refractivity contribution >= 4 is 6.29 Å². The molecule has 62 valence electrons. The van der Waals surface area contributed by atoms with E-state index < -0.39 is 0 Å². The van der Waals surface area contributed by atoms with Crippen LogP contribution >= 0.6 is 0 Å². The van der Waals surface area contributed by atoms with Crippen LogP contribution in [0.15, 0.2) is 23.8 Å². The molecule has 0 rings (SSSR count). The summed E-state index contributed by atoms with van der Waals surface area (Å²) in [6.45, 7) is 7.82. The molecule has 0 bridgehead atoms. The van der Waals surface area contributed by atoms with E-state index in [1.54, 1.807) is 0 Å². The van der Waals surface area contributed by atoms with Crippen LogP contribution in [0.25, 0.3) is 0 Å². The molecule has 0 aliphatic heterocycles. The molecule has 0 radical (unpaired) electrons.